The number of hydrogen-bond donors (Lipinski definition) is 0. The molecule has 0 aliphatic carbocycles. The van der Waals surface area contributed by atoms with Crippen molar-refractivity contribution in [1.29, 1.82) is 0 Å². The number of ether oxygens (including phenoxy) is 1. The van der Waals surface area contributed by atoms with E-state index in [0.717, 1.165) is 4.47 Å². The molecule has 110 valence electrons. The number of halogens is 2. The predicted octanol–water partition coefficient (Wildman–Crippen LogP) is 3.65. The summed E-state index contributed by atoms with van der Waals surface area (Å²) in [4.78, 5) is 17.4. The zero-order chi connectivity index (χ0) is 15.0. The largest absolute Gasteiger partial charge is 0.444 e. The van der Waals surface area contributed by atoms with Crippen LogP contribution in [0.1, 0.15) is 32.9 Å². The van der Waals surface area contributed by atoms with E-state index in [9.17, 15) is 9.18 Å². The number of likely N-dealkylation sites (tertiary alicyclic amines) is 1. The van der Waals surface area contributed by atoms with Crippen LogP contribution in [0.2, 0.25) is 0 Å². The molecule has 1 atom stereocenters. The van der Waals surface area contributed by atoms with Gasteiger partial charge in [0.05, 0.1) is 12.2 Å². The van der Waals surface area contributed by atoms with E-state index in [1.54, 1.807) is 39.1 Å². The molecular weight excluding hydrogens is 327 g/mol. The highest BCUT2D eigenvalue weighted by Crippen LogP contribution is 2.35. The van der Waals surface area contributed by atoms with Crippen molar-refractivity contribution in [2.24, 2.45) is 0 Å². The number of amides is 1. The van der Waals surface area contributed by atoms with E-state index in [1.165, 1.54) is 4.90 Å². The predicted molar refractivity (Wildman–Crippen MR) is 77.1 cm³/mol. The van der Waals surface area contributed by atoms with Gasteiger partial charge in [-0.2, -0.15) is 0 Å². The number of carbonyl (C=O) groups is 1. The second-order valence-corrected chi connectivity index (χ2v) is 6.89. The van der Waals surface area contributed by atoms with Gasteiger partial charge in [-0.15, -0.1) is 0 Å². The smallest absolute Gasteiger partial charge is 0.410 e. The first kappa shape index (κ1) is 15.2. The molecule has 1 aliphatic heterocycles. The summed E-state index contributed by atoms with van der Waals surface area (Å²) in [6, 6.07) is 3.39. The Kier molecular flexibility index (Phi) is 4.04. The standard InChI is InChI=1S/C14H18BrFN2O2/c1-13(2,3)20-12(19)18-7-6-14(16,9-18)11-5-4-10(15)8-17-11/h4-5,8H,6-7,9H2,1-3H3. The Morgan fingerprint density at radius 1 is 1.50 bits per heavy atom. The molecule has 2 heterocycles. The molecule has 1 fully saturated rings. The van der Waals surface area contributed by atoms with Gasteiger partial charge in [0.1, 0.15) is 5.60 Å². The summed E-state index contributed by atoms with van der Waals surface area (Å²) < 4.78 is 21.0. The van der Waals surface area contributed by atoms with Crippen molar-refractivity contribution in [1.82, 2.24) is 9.88 Å². The van der Waals surface area contributed by atoms with Crippen LogP contribution in [0.3, 0.4) is 0 Å². The molecule has 1 aliphatic rings. The zero-order valence-electron chi connectivity index (χ0n) is 11.8. The minimum absolute atomic E-state index is 0.0173. The molecule has 0 spiro atoms. The molecule has 20 heavy (non-hydrogen) atoms. The van der Waals surface area contributed by atoms with Gasteiger partial charge >= 0.3 is 6.09 Å². The van der Waals surface area contributed by atoms with Crippen LogP contribution >= 0.6 is 15.9 Å². The Hall–Kier alpha value is -1.17. The van der Waals surface area contributed by atoms with Crippen LogP contribution in [0.4, 0.5) is 9.18 Å². The second kappa shape index (κ2) is 5.31. The molecule has 1 amide bonds. The molecule has 1 unspecified atom stereocenters. The molecule has 4 nitrogen and oxygen atoms in total. The van der Waals surface area contributed by atoms with Gasteiger partial charge in [0.25, 0.3) is 0 Å². The second-order valence-electron chi connectivity index (χ2n) is 5.98. The van der Waals surface area contributed by atoms with Crippen LogP contribution < -0.4 is 0 Å². The number of carbonyl (C=O) groups excluding carboxylic acids is 1. The van der Waals surface area contributed by atoms with Gasteiger partial charge in [-0.05, 0) is 48.8 Å². The summed E-state index contributed by atoms with van der Waals surface area (Å²) in [5, 5.41) is 0. The lowest BCUT2D eigenvalue weighted by atomic mass is 10.0. The third-order valence-corrected chi connectivity index (χ3v) is 3.53. The SMILES string of the molecule is CC(C)(C)OC(=O)N1CCC(F)(c2ccc(Br)cn2)C1. The van der Waals surface area contributed by atoms with Crippen molar-refractivity contribution in [3.8, 4) is 0 Å². The van der Waals surface area contributed by atoms with E-state index in [2.05, 4.69) is 20.9 Å². The van der Waals surface area contributed by atoms with Gasteiger partial charge in [0.15, 0.2) is 5.67 Å². The molecule has 1 aromatic heterocycles. The fourth-order valence-electron chi connectivity index (χ4n) is 2.11. The third kappa shape index (κ3) is 3.48. The van der Waals surface area contributed by atoms with E-state index in [1.807, 2.05) is 0 Å². The topological polar surface area (TPSA) is 42.4 Å². The monoisotopic (exact) mass is 344 g/mol. The maximum absolute atomic E-state index is 14.9. The van der Waals surface area contributed by atoms with Crippen molar-refractivity contribution in [2.45, 2.75) is 38.5 Å². The van der Waals surface area contributed by atoms with Gasteiger partial charge in [0.2, 0.25) is 0 Å². The van der Waals surface area contributed by atoms with Crippen LogP contribution in [-0.4, -0.2) is 34.7 Å². The highest BCUT2D eigenvalue weighted by atomic mass is 79.9. The van der Waals surface area contributed by atoms with E-state index >= 15 is 0 Å². The first-order valence-corrected chi connectivity index (χ1v) is 7.28. The number of pyridine rings is 1. The summed E-state index contributed by atoms with van der Waals surface area (Å²) in [5.74, 6) is 0. The van der Waals surface area contributed by atoms with Crippen LogP contribution in [0.15, 0.2) is 22.8 Å². The highest BCUT2D eigenvalue weighted by Gasteiger charge is 2.44. The van der Waals surface area contributed by atoms with Gasteiger partial charge in [-0.25, -0.2) is 9.18 Å². The molecule has 0 bridgehead atoms. The van der Waals surface area contributed by atoms with Crippen molar-refractivity contribution >= 4 is 22.0 Å². The lowest BCUT2D eigenvalue weighted by Gasteiger charge is -2.25. The molecule has 0 N–H and O–H groups in total. The van der Waals surface area contributed by atoms with Crippen molar-refractivity contribution in [3.63, 3.8) is 0 Å². The summed E-state index contributed by atoms with van der Waals surface area (Å²) >= 11 is 3.27. The van der Waals surface area contributed by atoms with E-state index in [0.29, 0.717) is 12.2 Å². The minimum Gasteiger partial charge on any atom is -0.444 e. The zero-order valence-corrected chi connectivity index (χ0v) is 13.4. The average molecular weight is 345 g/mol. The number of aromatic nitrogens is 1. The molecule has 1 saturated heterocycles. The number of nitrogens with zero attached hydrogens (tertiary/aromatic N) is 2. The quantitative estimate of drug-likeness (QED) is 0.780. The van der Waals surface area contributed by atoms with Gasteiger partial charge in [-0.1, -0.05) is 0 Å². The van der Waals surface area contributed by atoms with E-state index in [4.69, 9.17) is 4.74 Å². The minimum atomic E-state index is -1.60. The van der Waals surface area contributed by atoms with Crippen molar-refractivity contribution in [3.05, 3.63) is 28.5 Å². The molecule has 0 saturated carbocycles. The van der Waals surface area contributed by atoms with Crippen LogP contribution in [0, 0.1) is 0 Å². The molecule has 6 heteroatoms. The van der Waals surface area contributed by atoms with Crippen LogP contribution in [-0.2, 0) is 10.4 Å². The maximum atomic E-state index is 14.9. The average Bonchev–Trinajstić information content (AvgIpc) is 2.72. The lowest BCUT2D eigenvalue weighted by molar-refractivity contribution is 0.0255. The fraction of sp³-hybridized carbons (Fsp3) is 0.571. The number of alkyl halides is 1. The molecule has 1 aromatic rings. The normalized spacial score (nSPS) is 22.9. The fourth-order valence-corrected chi connectivity index (χ4v) is 2.34. The summed E-state index contributed by atoms with van der Waals surface area (Å²) in [7, 11) is 0. The molecule has 0 aromatic carbocycles. The number of rotatable bonds is 1. The van der Waals surface area contributed by atoms with E-state index in [-0.39, 0.29) is 13.0 Å². The van der Waals surface area contributed by atoms with Gasteiger partial charge in [0, 0.05) is 23.6 Å². The summed E-state index contributed by atoms with van der Waals surface area (Å²) in [6.45, 7) is 5.69. The number of hydrogen-bond acceptors (Lipinski definition) is 3. The Morgan fingerprint density at radius 2 is 2.20 bits per heavy atom. The van der Waals surface area contributed by atoms with Crippen molar-refractivity contribution < 1.29 is 13.9 Å². The van der Waals surface area contributed by atoms with E-state index < -0.39 is 17.4 Å². The maximum Gasteiger partial charge on any atom is 0.410 e. The summed E-state index contributed by atoms with van der Waals surface area (Å²) in [5.41, 5.74) is -1.82. The molecule has 0 radical (unpaired) electrons. The Bertz CT molecular complexity index is 501. The first-order valence-electron chi connectivity index (χ1n) is 6.48. The Morgan fingerprint density at radius 3 is 2.75 bits per heavy atom. The van der Waals surface area contributed by atoms with Gasteiger partial charge in [-0.3, -0.25) is 4.98 Å². The first-order chi connectivity index (χ1) is 9.20. The molecular formula is C14H18BrFN2O2. The van der Waals surface area contributed by atoms with Crippen molar-refractivity contribution in [2.75, 3.05) is 13.1 Å². The van der Waals surface area contributed by atoms with Gasteiger partial charge < -0.3 is 9.64 Å². The lowest BCUT2D eigenvalue weighted by Crippen LogP contribution is -2.37. The highest BCUT2D eigenvalue weighted by molar-refractivity contribution is 9.10. The Labute approximate surface area is 126 Å². The Balaban J connectivity index is 2.07. The third-order valence-electron chi connectivity index (χ3n) is 3.06. The van der Waals surface area contributed by atoms with Crippen LogP contribution in [0.5, 0.6) is 0 Å². The molecule has 2 rings (SSSR count). The summed E-state index contributed by atoms with van der Waals surface area (Å²) in [6.07, 6.45) is 1.32. The van der Waals surface area contributed by atoms with Crippen LogP contribution in [0.25, 0.3) is 0 Å².